The lowest BCUT2D eigenvalue weighted by molar-refractivity contribution is 0.292. The minimum atomic E-state index is 0.407. The number of fused-ring (bicyclic) bond motifs is 1. The van der Waals surface area contributed by atoms with Gasteiger partial charge < -0.3 is 9.47 Å². The molecule has 1 atom stereocenters. The summed E-state index contributed by atoms with van der Waals surface area (Å²) in [6, 6.07) is 12.9. The van der Waals surface area contributed by atoms with Gasteiger partial charge in [-0.2, -0.15) is 0 Å². The summed E-state index contributed by atoms with van der Waals surface area (Å²) in [6.07, 6.45) is 3.91. The van der Waals surface area contributed by atoms with Crippen LogP contribution in [0.3, 0.4) is 0 Å². The Hall–Kier alpha value is -2.48. The van der Waals surface area contributed by atoms with E-state index in [1.165, 1.54) is 16.7 Å². The van der Waals surface area contributed by atoms with Gasteiger partial charge in [0, 0.05) is 17.0 Å². The van der Waals surface area contributed by atoms with Gasteiger partial charge in [-0.25, -0.2) is 0 Å². The second-order valence-corrected chi connectivity index (χ2v) is 6.30. The van der Waals surface area contributed by atoms with E-state index in [0.29, 0.717) is 18.3 Å². The highest BCUT2D eigenvalue weighted by Crippen LogP contribution is 2.37. The van der Waals surface area contributed by atoms with Crippen molar-refractivity contribution in [3.63, 3.8) is 0 Å². The summed E-state index contributed by atoms with van der Waals surface area (Å²) in [4.78, 5) is 0. The van der Waals surface area contributed by atoms with E-state index < -0.39 is 0 Å². The molecule has 0 amide bonds. The van der Waals surface area contributed by atoms with Crippen molar-refractivity contribution in [1.82, 2.24) is 0 Å². The lowest BCUT2D eigenvalue weighted by Gasteiger charge is -2.17. The van der Waals surface area contributed by atoms with Crippen LogP contribution in [0.25, 0.3) is 11.8 Å². The minimum Gasteiger partial charge on any atom is -0.497 e. The first-order chi connectivity index (χ1) is 11.6. The summed E-state index contributed by atoms with van der Waals surface area (Å²) in [6.45, 7) is 10.7. The fourth-order valence-corrected chi connectivity index (χ4v) is 3.27. The standard InChI is InChI=1S/C22H24O2/c1-5-20-21(16(3)23-4)13-12-18-10-11-19(14-24-22(18)20)17-8-6-15(2)7-9-17/h5-9,12-13,19H,1,3,10-11,14H2,2,4H3. The molecule has 2 aromatic carbocycles. The van der Waals surface area contributed by atoms with Crippen LogP contribution >= 0.6 is 0 Å². The highest BCUT2D eigenvalue weighted by Gasteiger charge is 2.22. The number of aryl methyl sites for hydroxylation is 2. The van der Waals surface area contributed by atoms with Crippen LogP contribution in [-0.4, -0.2) is 13.7 Å². The van der Waals surface area contributed by atoms with Gasteiger partial charge in [-0.15, -0.1) is 0 Å². The summed E-state index contributed by atoms with van der Waals surface area (Å²) in [5.74, 6) is 1.97. The smallest absolute Gasteiger partial charge is 0.130 e. The van der Waals surface area contributed by atoms with Crippen molar-refractivity contribution in [2.45, 2.75) is 25.7 Å². The zero-order valence-electron chi connectivity index (χ0n) is 14.5. The van der Waals surface area contributed by atoms with Gasteiger partial charge in [0.2, 0.25) is 0 Å². The first kappa shape index (κ1) is 16.4. The molecule has 1 unspecified atom stereocenters. The van der Waals surface area contributed by atoms with Crippen LogP contribution in [0.1, 0.15) is 40.2 Å². The second-order valence-electron chi connectivity index (χ2n) is 6.30. The van der Waals surface area contributed by atoms with Crippen LogP contribution in [0.15, 0.2) is 49.6 Å². The van der Waals surface area contributed by atoms with Crippen LogP contribution in [0.4, 0.5) is 0 Å². The maximum atomic E-state index is 6.24. The Morgan fingerprint density at radius 3 is 2.62 bits per heavy atom. The van der Waals surface area contributed by atoms with Crippen molar-refractivity contribution in [1.29, 1.82) is 0 Å². The summed E-state index contributed by atoms with van der Waals surface area (Å²) in [5, 5.41) is 0. The van der Waals surface area contributed by atoms with E-state index in [1.54, 1.807) is 7.11 Å². The first-order valence-electron chi connectivity index (χ1n) is 8.35. The molecule has 2 nitrogen and oxygen atoms in total. The van der Waals surface area contributed by atoms with Crippen molar-refractivity contribution in [3.05, 3.63) is 77.4 Å². The van der Waals surface area contributed by atoms with Crippen LogP contribution in [0.2, 0.25) is 0 Å². The second kappa shape index (κ2) is 6.96. The van der Waals surface area contributed by atoms with Crippen molar-refractivity contribution in [2.75, 3.05) is 13.7 Å². The molecule has 0 fully saturated rings. The number of hydrogen-bond donors (Lipinski definition) is 0. The van der Waals surface area contributed by atoms with Gasteiger partial charge in [-0.3, -0.25) is 0 Å². The van der Waals surface area contributed by atoms with Gasteiger partial charge in [-0.1, -0.05) is 61.2 Å². The predicted molar refractivity (Wildman–Crippen MR) is 100 cm³/mol. The summed E-state index contributed by atoms with van der Waals surface area (Å²) in [5.41, 5.74) is 5.78. The Bertz CT molecular complexity index is 756. The summed E-state index contributed by atoms with van der Waals surface area (Å²) in [7, 11) is 1.63. The maximum Gasteiger partial charge on any atom is 0.130 e. The SMILES string of the molecule is C=Cc1c(C(=C)OC)ccc2c1OCC(c1ccc(C)cc1)CC2. The van der Waals surface area contributed by atoms with Crippen LogP contribution in [0, 0.1) is 6.92 Å². The minimum absolute atomic E-state index is 0.407. The van der Waals surface area contributed by atoms with Crippen molar-refractivity contribution in [3.8, 4) is 5.75 Å². The lowest BCUT2D eigenvalue weighted by Crippen LogP contribution is -2.09. The molecule has 2 aromatic rings. The molecule has 1 aliphatic rings. The molecular formula is C22H24O2. The van der Waals surface area contributed by atoms with Gasteiger partial charge in [0.25, 0.3) is 0 Å². The van der Waals surface area contributed by atoms with Gasteiger partial charge in [0.15, 0.2) is 0 Å². The van der Waals surface area contributed by atoms with E-state index in [9.17, 15) is 0 Å². The first-order valence-corrected chi connectivity index (χ1v) is 8.35. The third-order valence-corrected chi connectivity index (χ3v) is 4.77. The van der Waals surface area contributed by atoms with Crippen molar-refractivity contribution in [2.24, 2.45) is 0 Å². The Morgan fingerprint density at radius 1 is 1.21 bits per heavy atom. The molecule has 124 valence electrons. The van der Waals surface area contributed by atoms with E-state index >= 15 is 0 Å². The van der Waals surface area contributed by atoms with Crippen LogP contribution in [0.5, 0.6) is 5.75 Å². The lowest BCUT2D eigenvalue weighted by atomic mass is 9.92. The molecule has 0 aromatic heterocycles. The maximum absolute atomic E-state index is 6.24. The monoisotopic (exact) mass is 320 g/mol. The van der Waals surface area contributed by atoms with E-state index in [1.807, 2.05) is 6.08 Å². The molecule has 0 spiro atoms. The average Bonchev–Trinajstić information content (AvgIpc) is 2.83. The predicted octanol–water partition coefficient (Wildman–Crippen LogP) is 5.36. The topological polar surface area (TPSA) is 18.5 Å². The van der Waals surface area contributed by atoms with Crippen LogP contribution < -0.4 is 4.74 Å². The number of benzene rings is 2. The van der Waals surface area contributed by atoms with E-state index in [0.717, 1.165) is 29.7 Å². The molecule has 0 saturated heterocycles. The Labute approximate surface area is 144 Å². The van der Waals surface area contributed by atoms with Gasteiger partial charge in [-0.05, 0) is 30.9 Å². The molecule has 0 aliphatic carbocycles. The number of ether oxygens (including phenoxy) is 2. The summed E-state index contributed by atoms with van der Waals surface area (Å²) < 4.78 is 11.5. The molecule has 2 heteroatoms. The largest absolute Gasteiger partial charge is 0.497 e. The molecular weight excluding hydrogens is 296 g/mol. The molecule has 0 bridgehead atoms. The molecule has 0 radical (unpaired) electrons. The Kier molecular flexibility index (Phi) is 4.75. The fourth-order valence-electron chi connectivity index (χ4n) is 3.27. The molecule has 24 heavy (non-hydrogen) atoms. The molecule has 0 saturated carbocycles. The van der Waals surface area contributed by atoms with E-state index in [4.69, 9.17) is 9.47 Å². The molecule has 3 rings (SSSR count). The van der Waals surface area contributed by atoms with Crippen molar-refractivity contribution < 1.29 is 9.47 Å². The quantitative estimate of drug-likeness (QED) is 0.706. The number of methoxy groups -OCH3 is 1. The number of rotatable bonds is 4. The third-order valence-electron chi connectivity index (χ3n) is 4.77. The highest BCUT2D eigenvalue weighted by atomic mass is 16.5. The number of hydrogen-bond acceptors (Lipinski definition) is 2. The normalized spacial score (nSPS) is 16.5. The van der Waals surface area contributed by atoms with Crippen molar-refractivity contribution >= 4 is 11.8 Å². The third kappa shape index (κ3) is 3.09. The van der Waals surface area contributed by atoms with E-state index in [2.05, 4.69) is 56.5 Å². The van der Waals surface area contributed by atoms with Gasteiger partial charge >= 0.3 is 0 Å². The van der Waals surface area contributed by atoms with Gasteiger partial charge in [0.1, 0.15) is 11.5 Å². The zero-order valence-corrected chi connectivity index (χ0v) is 14.5. The van der Waals surface area contributed by atoms with Gasteiger partial charge in [0.05, 0.1) is 13.7 Å². The zero-order chi connectivity index (χ0) is 17.1. The van der Waals surface area contributed by atoms with E-state index in [-0.39, 0.29) is 0 Å². The molecule has 1 heterocycles. The average molecular weight is 320 g/mol. The van der Waals surface area contributed by atoms with Crippen LogP contribution in [-0.2, 0) is 11.2 Å². The highest BCUT2D eigenvalue weighted by molar-refractivity contribution is 5.74. The summed E-state index contributed by atoms with van der Waals surface area (Å²) >= 11 is 0. The Morgan fingerprint density at radius 2 is 1.96 bits per heavy atom. The fraction of sp³-hybridized carbons (Fsp3) is 0.273. The molecule has 1 aliphatic heterocycles. The Balaban J connectivity index is 1.91. The molecule has 0 N–H and O–H groups in total.